The lowest BCUT2D eigenvalue weighted by molar-refractivity contribution is 0.0482. The number of nitrogens with zero attached hydrogens (tertiary/aromatic N) is 4. The van der Waals surface area contributed by atoms with Crippen LogP contribution in [0.15, 0.2) is 71.6 Å². The van der Waals surface area contributed by atoms with Crippen molar-refractivity contribution in [2.24, 2.45) is 0 Å². The molecule has 0 aliphatic rings. The summed E-state index contributed by atoms with van der Waals surface area (Å²) >= 11 is 0. The van der Waals surface area contributed by atoms with Crippen LogP contribution < -0.4 is 19.9 Å². The Labute approximate surface area is 276 Å². The molecule has 3 aromatic carbocycles. The maximum absolute atomic E-state index is 12.4. The highest BCUT2D eigenvalue weighted by Crippen LogP contribution is 2.17. The molecule has 0 aliphatic heterocycles. The first-order valence-electron chi connectivity index (χ1n) is 14.3. The molecule has 0 radical (unpaired) electrons. The van der Waals surface area contributed by atoms with E-state index in [1.165, 1.54) is 30.3 Å². The summed E-state index contributed by atoms with van der Waals surface area (Å²) in [6, 6.07) is 19.9. The fourth-order valence-corrected chi connectivity index (χ4v) is 4.84. The Hall–Kier alpha value is -6.19. The third-order valence-electron chi connectivity index (χ3n) is 6.48. The number of esters is 2. The topological polar surface area (TPSA) is 182 Å². The van der Waals surface area contributed by atoms with Crippen LogP contribution in [-0.4, -0.2) is 51.3 Å². The number of hydrogen-bond donors (Lipinski definition) is 1. The van der Waals surface area contributed by atoms with Gasteiger partial charge < -0.3 is 18.9 Å². The lowest BCUT2D eigenvalue weighted by Crippen LogP contribution is -2.20. The summed E-state index contributed by atoms with van der Waals surface area (Å²) in [4.78, 5) is 30.4. The minimum atomic E-state index is -4.63. The number of carbonyl (C=O) groups excluding carboxylic acids is 2. The molecule has 0 aromatic heterocycles. The lowest BCUT2D eigenvalue weighted by Gasteiger charge is -2.13. The molecule has 0 saturated heterocycles. The second-order valence-electron chi connectivity index (χ2n) is 9.71. The Morgan fingerprint density at radius 2 is 1.17 bits per heavy atom. The standard InChI is InChI=1S/C34H28N4O9S/c1-37-28(22-35)26-21-31(45-17-9-11-19-47-34(40)25-14-6-7-15-32(25)48(41,42)43)27(29(23-36)38-2)20-30(26)44-16-8-10-18-46-33(39)24-12-4-3-5-13-24/h3-7,12-15,20-21H,8-11,16-19H2,(H,41,42,43)/b28-26-,29-27+. The van der Waals surface area contributed by atoms with Crippen LogP contribution in [0.5, 0.6) is 11.5 Å². The predicted molar refractivity (Wildman–Crippen MR) is 170 cm³/mol. The van der Waals surface area contributed by atoms with E-state index in [0.717, 1.165) is 6.07 Å². The van der Waals surface area contributed by atoms with E-state index < -0.39 is 27.0 Å². The molecular weight excluding hydrogens is 640 g/mol. The molecule has 0 bridgehead atoms. The van der Waals surface area contributed by atoms with Crippen molar-refractivity contribution < 1.29 is 41.5 Å². The van der Waals surface area contributed by atoms with Crippen molar-refractivity contribution in [1.29, 1.82) is 10.5 Å². The Balaban J connectivity index is 1.67. The molecule has 244 valence electrons. The summed E-state index contributed by atoms with van der Waals surface area (Å²) < 4.78 is 54.5. The molecule has 3 aromatic rings. The van der Waals surface area contributed by atoms with E-state index in [4.69, 9.17) is 32.1 Å². The zero-order valence-corrected chi connectivity index (χ0v) is 26.2. The summed E-state index contributed by atoms with van der Waals surface area (Å²) in [5, 5.41) is 19.3. The van der Waals surface area contributed by atoms with Gasteiger partial charge in [-0.05, 0) is 62.1 Å². The molecule has 14 heteroatoms. The molecule has 0 heterocycles. The molecule has 0 amide bonds. The van der Waals surface area contributed by atoms with Crippen molar-refractivity contribution in [2.75, 3.05) is 26.4 Å². The van der Waals surface area contributed by atoms with Gasteiger partial charge in [0.05, 0.1) is 62.8 Å². The number of ether oxygens (including phenoxy) is 4. The van der Waals surface area contributed by atoms with Gasteiger partial charge in [0.1, 0.15) is 16.4 Å². The van der Waals surface area contributed by atoms with Crippen LogP contribution in [0.2, 0.25) is 0 Å². The number of carbonyl (C=O) groups is 2. The van der Waals surface area contributed by atoms with Gasteiger partial charge in [0.25, 0.3) is 21.5 Å². The van der Waals surface area contributed by atoms with Gasteiger partial charge in [-0.3, -0.25) is 4.55 Å². The third-order valence-corrected chi connectivity index (χ3v) is 7.39. The highest BCUT2D eigenvalue weighted by molar-refractivity contribution is 7.86. The van der Waals surface area contributed by atoms with Gasteiger partial charge in [-0.15, -0.1) is 0 Å². The van der Waals surface area contributed by atoms with Crippen LogP contribution in [0.1, 0.15) is 46.4 Å². The van der Waals surface area contributed by atoms with Crippen LogP contribution in [-0.2, 0) is 19.6 Å². The number of unbranched alkanes of at least 4 members (excludes halogenated alkanes) is 2. The molecule has 0 atom stereocenters. The smallest absolute Gasteiger partial charge is 0.339 e. The summed E-state index contributed by atoms with van der Waals surface area (Å²) in [6.07, 6.45) is 1.49. The molecule has 0 fully saturated rings. The zero-order valence-electron chi connectivity index (χ0n) is 25.4. The molecule has 1 N–H and O–H groups in total. The number of hydrogen-bond acceptors (Lipinski definition) is 10. The molecule has 13 nitrogen and oxygen atoms in total. The van der Waals surface area contributed by atoms with Crippen LogP contribution in [0.3, 0.4) is 0 Å². The first-order valence-corrected chi connectivity index (χ1v) is 15.8. The van der Waals surface area contributed by atoms with E-state index in [9.17, 15) is 33.1 Å². The number of nitriles is 2. The summed E-state index contributed by atoms with van der Waals surface area (Å²) in [7, 11) is -4.63. The van der Waals surface area contributed by atoms with E-state index >= 15 is 0 Å². The number of benzene rings is 3. The monoisotopic (exact) mass is 668 g/mol. The minimum Gasteiger partial charge on any atom is -0.494 e. The Bertz CT molecular complexity index is 2020. The van der Waals surface area contributed by atoms with E-state index in [0.29, 0.717) is 24.8 Å². The summed E-state index contributed by atoms with van der Waals surface area (Å²) in [5.74, 6) is -1.26. The Morgan fingerprint density at radius 3 is 1.65 bits per heavy atom. The number of rotatable bonds is 15. The van der Waals surface area contributed by atoms with Crippen LogP contribution in [0, 0.1) is 35.8 Å². The SMILES string of the molecule is [C-]#[N+]/C(C#N)=c1/cc(OCCCCOC(=O)c2ccccc2S(=O)(=O)O)/c(=C(\C#N)[N+]#[C-])cc1OCCCCOC(=O)c1ccccc1. The molecule has 3 rings (SSSR count). The van der Waals surface area contributed by atoms with Gasteiger partial charge in [0, 0.05) is 10.4 Å². The van der Waals surface area contributed by atoms with Gasteiger partial charge in [-0.2, -0.15) is 8.42 Å². The van der Waals surface area contributed by atoms with Crippen molar-refractivity contribution in [2.45, 2.75) is 30.6 Å². The van der Waals surface area contributed by atoms with Crippen molar-refractivity contribution in [3.8, 4) is 23.6 Å². The van der Waals surface area contributed by atoms with Gasteiger partial charge in [-0.25, -0.2) is 29.8 Å². The molecular formula is C34H28N4O9S. The summed E-state index contributed by atoms with van der Waals surface area (Å²) in [6.45, 7) is 15.0. The average molecular weight is 669 g/mol. The summed E-state index contributed by atoms with van der Waals surface area (Å²) in [5.41, 5.74) is -0.511. The van der Waals surface area contributed by atoms with Crippen LogP contribution >= 0.6 is 0 Å². The molecule has 0 saturated carbocycles. The third kappa shape index (κ3) is 10.2. The second-order valence-corrected chi connectivity index (χ2v) is 11.1. The van der Waals surface area contributed by atoms with E-state index in [2.05, 4.69) is 9.69 Å². The highest BCUT2D eigenvalue weighted by atomic mass is 32.2. The van der Waals surface area contributed by atoms with Gasteiger partial charge >= 0.3 is 11.9 Å². The van der Waals surface area contributed by atoms with Crippen LogP contribution in [0.4, 0.5) is 0 Å². The van der Waals surface area contributed by atoms with Gasteiger partial charge in [0.2, 0.25) is 0 Å². The fraction of sp³-hybridized carbons (Fsp3) is 0.235. The van der Waals surface area contributed by atoms with Gasteiger partial charge in [-0.1, -0.05) is 30.3 Å². The van der Waals surface area contributed by atoms with Gasteiger partial charge in [0.15, 0.2) is 0 Å². The fourth-order valence-electron chi connectivity index (χ4n) is 4.16. The highest BCUT2D eigenvalue weighted by Gasteiger charge is 2.21. The van der Waals surface area contributed by atoms with Crippen molar-refractivity contribution in [3.05, 3.63) is 111 Å². The molecule has 0 aliphatic carbocycles. The van der Waals surface area contributed by atoms with Crippen molar-refractivity contribution in [3.63, 3.8) is 0 Å². The first kappa shape index (κ1) is 36.3. The quantitative estimate of drug-likeness (QED) is 0.107. The van der Waals surface area contributed by atoms with Crippen molar-refractivity contribution >= 4 is 33.5 Å². The maximum Gasteiger partial charge on any atom is 0.339 e. The average Bonchev–Trinajstić information content (AvgIpc) is 3.09. The second kappa shape index (κ2) is 18.1. The largest absolute Gasteiger partial charge is 0.494 e. The first-order chi connectivity index (χ1) is 23.1. The molecule has 0 spiro atoms. The normalized spacial score (nSPS) is 11.8. The predicted octanol–water partition coefficient (Wildman–Crippen LogP) is 4.07. The van der Waals surface area contributed by atoms with E-state index in [1.807, 2.05) is 6.07 Å². The van der Waals surface area contributed by atoms with E-state index in [-0.39, 0.29) is 71.7 Å². The Morgan fingerprint density at radius 1 is 0.708 bits per heavy atom. The molecule has 0 unspecified atom stereocenters. The minimum absolute atomic E-state index is 0.0180. The lowest BCUT2D eigenvalue weighted by atomic mass is 10.1. The maximum atomic E-state index is 12.4. The Kier molecular flexibility index (Phi) is 13.7. The van der Waals surface area contributed by atoms with Crippen LogP contribution in [0.25, 0.3) is 21.1 Å². The van der Waals surface area contributed by atoms with Crippen molar-refractivity contribution in [1.82, 2.24) is 0 Å². The van der Waals surface area contributed by atoms with E-state index in [1.54, 1.807) is 36.4 Å². The molecule has 48 heavy (non-hydrogen) atoms. The zero-order chi connectivity index (χ0) is 34.9.